The largest absolute Gasteiger partial charge is 0.493 e. The molecule has 0 heterocycles. The zero-order valence-electron chi connectivity index (χ0n) is 11.1. The topological polar surface area (TPSA) is 35.2 Å². The Morgan fingerprint density at radius 2 is 1.78 bits per heavy atom. The van der Waals surface area contributed by atoms with Gasteiger partial charge in [-0.3, -0.25) is 0 Å². The van der Waals surface area contributed by atoms with Crippen LogP contribution in [0.2, 0.25) is 0 Å². The third-order valence-corrected chi connectivity index (χ3v) is 3.15. The highest BCUT2D eigenvalue weighted by molar-refractivity contribution is 5.91. The third-order valence-electron chi connectivity index (χ3n) is 3.15. The van der Waals surface area contributed by atoms with Crippen molar-refractivity contribution in [2.24, 2.45) is 11.7 Å². The Balaban J connectivity index is 2.28. The minimum Gasteiger partial charge on any atom is -0.493 e. The summed E-state index contributed by atoms with van der Waals surface area (Å²) in [4.78, 5) is 0. The SMILES string of the molecule is CC(C)CCOc1ccc(CN)c2ccccc12. The van der Waals surface area contributed by atoms with Gasteiger partial charge in [-0.1, -0.05) is 44.2 Å². The van der Waals surface area contributed by atoms with Gasteiger partial charge in [0.15, 0.2) is 0 Å². The maximum atomic E-state index is 5.89. The molecule has 0 fully saturated rings. The zero-order valence-corrected chi connectivity index (χ0v) is 11.1. The van der Waals surface area contributed by atoms with Gasteiger partial charge in [0.05, 0.1) is 6.61 Å². The molecule has 2 N–H and O–H groups in total. The van der Waals surface area contributed by atoms with Gasteiger partial charge in [-0.2, -0.15) is 0 Å². The number of benzene rings is 2. The molecule has 0 aliphatic rings. The van der Waals surface area contributed by atoms with E-state index in [0.29, 0.717) is 12.5 Å². The molecule has 0 aliphatic heterocycles. The summed E-state index contributed by atoms with van der Waals surface area (Å²) in [7, 11) is 0. The molecule has 18 heavy (non-hydrogen) atoms. The molecule has 2 heteroatoms. The molecule has 0 bridgehead atoms. The molecule has 0 aliphatic carbocycles. The molecule has 0 amide bonds. The van der Waals surface area contributed by atoms with Crippen LogP contribution in [0.15, 0.2) is 36.4 Å². The van der Waals surface area contributed by atoms with Crippen LogP contribution < -0.4 is 10.5 Å². The van der Waals surface area contributed by atoms with E-state index in [1.54, 1.807) is 0 Å². The van der Waals surface area contributed by atoms with Crippen molar-refractivity contribution in [3.05, 3.63) is 42.0 Å². The van der Waals surface area contributed by atoms with E-state index in [0.717, 1.165) is 24.2 Å². The lowest BCUT2D eigenvalue weighted by molar-refractivity contribution is 0.292. The van der Waals surface area contributed by atoms with Crippen LogP contribution >= 0.6 is 0 Å². The molecule has 0 saturated carbocycles. The summed E-state index contributed by atoms with van der Waals surface area (Å²) in [6.07, 6.45) is 1.08. The van der Waals surface area contributed by atoms with Gasteiger partial charge >= 0.3 is 0 Å². The van der Waals surface area contributed by atoms with Crippen LogP contribution in [-0.4, -0.2) is 6.61 Å². The minimum absolute atomic E-state index is 0.562. The molecular formula is C16H21NO. The number of hydrogen-bond acceptors (Lipinski definition) is 2. The second-order valence-corrected chi connectivity index (χ2v) is 5.00. The Kier molecular flexibility index (Phi) is 4.21. The third kappa shape index (κ3) is 2.82. The van der Waals surface area contributed by atoms with Crippen LogP contribution in [0.5, 0.6) is 5.75 Å². The second kappa shape index (κ2) is 5.87. The van der Waals surface area contributed by atoms with Gasteiger partial charge in [-0.15, -0.1) is 0 Å². The van der Waals surface area contributed by atoms with Crippen molar-refractivity contribution in [1.82, 2.24) is 0 Å². The summed E-state index contributed by atoms with van der Waals surface area (Å²) in [5, 5.41) is 2.35. The molecule has 2 rings (SSSR count). The molecule has 2 nitrogen and oxygen atoms in total. The van der Waals surface area contributed by atoms with E-state index in [4.69, 9.17) is 10.5 Å². The average Bonchev–Trinajstić information content (AvgIpc) is 2.38. The highest BCUT2D eigenvalue weighted by Gasteiger charge is 2.05. The zero-order chi connectivity index (χ0) is 13.0. The second-order valence-electron chi connectivity index (χ2n) is 5.00. The first-order valence-corrected chi connectivity index (χ1v) is 6.56. The fraction of sp³-hybridized carbons (Fsp3) is 0.375. The van der Waals surface area contributed by atoms with Gasteiger partial charge in [0.1, 0.15) is 5.75 Å². The van der Waals surface area contributed by atoms with Gasteiger partial charge in [-0.05, 0) is 29.4 Å². The molecule has 0 atom stereocenters. The maximum Gasteiger partial charge on any atom is 0.127 e. The molecule has 0 spiro atoms. The Morgan fingerprint density at radius 1 is 1.06 bits per heavy atom. The Morgan fingerprint density at radius 3 is 2.44 bits per heavy atom. The van der Waals surface area contributed by atoms with E-state index < -0.39 is 0 Å². The van der Waals surface area contributed by atoms with Crippen molar-refractivity contribution in [2.45, 2.75) is 26.8 Å². The van der Waals surface area contributed by atoms with Crippen molar-refractivity contribution >= 4 is 10.8 Å². The van der Waals surface area contributed by atoms with Crippen molar-refractivity contribution in [3.63, 3.8) is 0 Å². The van der Waals surface area contributed by atoms with E-state index >= 15 is 0 Å². The molecule has 2 aromatic rings. The van der Waals surface area contributed by atoms with Crippen LogP contribution in [0.3, 0.4) is 0 Å². The number of nitrogens with two attached hydrogens (primary N) is 1. The van der Waals surface area contributed by atoms with E-state index in [-0.39, 0.29) is 0 Å². The first kappa shape index (κ1) is 12.9. The summed E-state index contributed by atoms with van der Waals surface area (Å²) >= 11 is 0. The Hall–Kier alpha value is -1.54. The molecule has 96 valence electrons. The van der Waals surface area contributed by atoms with E-state index in [1.165, 1.54) is 10.9 Å². The van der Waals surface area contributed by atoms with Gasteiger partial charge in [-0.25, -0.2) is 0 Å². The van der Waals surface area contributed by atoms with E-state index in [2.05, 4.69) is 32.0 Å². The average molecular weight is 243 g/mol. The first-order chi connectivity index (χ1) is 8.72. The quantitative estimate of drug-likeness (QED) is 0.868. The highest BCUT2D eigenvalue weighted by atomic mass is 16.5. The van der Waals surface area contributed by atoms with Crippen molar-refractivity contribution in [1.29, 1.82) is 0 Å². The van der Waals surface area contributed by atoms with Gasteiger partial charge < -0.3 is 10.5 Å². The van der Waals surface area contributed by atoms with Crippen molar-refractivity contribution in [3.8, 4) is 5.75 Å². The monoisotopic (exact) mass is 243 g/mol. The summed E-state index contributed by atoms with van der Waals surface area (Å²) in [5.41, 5.74) is 6.93. The van der Waals surface area contributed by atoms with Crippen molar-refractivity contribution < 1.29 is 4.74 Å². The van der Waals surface area contributed by atoms with Gasteiger partial charge in [0.25, 0.3) is 0 Å². The van der Waals surface area contributed by atoms with Crippen LogP contribution in [0.25, 0.3) is 10.8 Å². The number of hydrogen-bond donors (Lipinski definition) is 1. The van der Waals surface area contributed by atoms with E-state index in [9.17, 15) is 0 Å². The lowest BCUT2D eigenvalue weighted by Gasteiger charge is -2.12. The summed E-state index contributed by atoms with van der Waals surface area (Å²) < 4.78 is 5.89. The fourth-order valence-corrected chi connectivity index (χ4v) is 2.04. The van der Waals surface area contributed by atoms with Crippen LogP contribution in [0.1, 0.15) is 25.8 Å². The summed E-state index contributed by atoms with van der Waals surface area (Å²) in [6, 6.07) is 12.4. The van der Waals surface area contributed by atoms with Crippen LogP contribution in [0.4, 0.5) is 0 Å². The molecule has 2 aromatic carbocycles. The van der Waals surface area contributed by atoms with Gasteiger partial charge in [0, 0.05) is 11.9 Å². The maximum absolute atomic E-state index is 5.89. The van der Waals surface area contributed by atoms with E-state index in [1.807, 2.05) is 18.2 Å². The molecular weight excluding hydrogens is 222 g/mol. The lowest BCUT2D eigenvalue weighted by atomic mass is 10.0. The summed E-state index contributed by atoms with van der Waals surface area (Å²) in [5.74, 6) is 1.63. The smallest absolute Gasteiger partial charge is 0.127 e. The Labute approximate surface area is 109 Å². The Bertz CT molecular complexity index is 519. The molecule has 0 unspecified atom stereocenters. The summed E-state index contributed by atoms with van der Waals surface area (Å²) in [6.45, 7) is 5.74. The highest BCUT2D eigenvalue weighted by Crippen LogP contribution is 2.28. The molecule has 0 saturated heterocycles. The number of rotatable bonds is 5. The minimum atomic E-state index is 0.562. The van der Waals surface area contributed by atoms with Gasteiger partial charge in [0.2, 0.25) is 0 Å². The standard InChI is InChI=1S/C16H21NO/c1-12(2)9-10-18-16-8-7-13(11-17)14-5-3-4-6-15(14)16/h3-8,12H,9-11,17H2,1-2H3. The van der Waals surface area contributed by atoms with Crippen LogP contribution in [-0.2, 0) is 6.54 Å². The molecule has 0 radical (unpaired) electrons. The lowest BCUT2D eigenvalue weighted by Crippen LogP contribution is -2.03. The normalized spacial score (nSPS) is 11.1. The fourth-order valence-electron chi connectivity index (χ4n) is 2.04. The number of ether oxygens (including phenoxy) is 1. The predicted molar refractivity (Wildman–Crippen MR) is 76.8 cm³/mol. The first-order valence-electron chi connectivity index (χ1n) is 6.56. The molecule has 0 aromatic heterocycles. The van der Waals surface area contributed by atoms with Crippen molar-refractivity contribution in [2.75, 3.05) is 6.61 Å². The number of fused-ring (bicyclic) bond motifs is 1. The van der Waals surface area contributed by atoms with Crippen LogP contribution in [0, 0.1) is 5.92 Å². The predicted octanol–water partition coefficient (Wildman–Crippen LogP) is 3.72.